The molecule has 112 valence electrons. The summed E-state index contributed by atoms with van der Waals surface area (Å²) < 4.78 is 6.13. The molecule has 2 aromatic rings. The highest BCUT2D eigenvalue weighted by atomic mass is 16.3. The quantitative estimate of drug-likeness (QED) is 0.861. The highest BCUT2D eigenvalue weighted by Gasteiger charge is 2.48. The molecule has 0 spiro atoms. The Labute approximate surface area is 126 Å². The van der Waals surface area contributed by atoms with Crippen LogP contribution in [0, 0.1) is 17.8 Å². The van der Waals surface area contributed by atoms with Crippen molar-refractivity contribution in [3.05, 3.63) is 35.6 Å². The van der Waals surface area contributed by atoms with Crippen molar-refractivity contribution in [2.24, 2.45) is 17.8 Å². The van der Waals surface area contributed by atoms with E-state index in [0.717, 1.165) is 36.3 Å². The fourth-order valence-corrected chi connectivity index (χ4v) is 4.48. The van der Waals surface area contributed by atoms with E-state index >= 15 is 0 Å². The Bertz CT molecular complexity index is 634. The van der Waals surface area contributed by atoms with Crippen LogP contribution in [-0.4, -0.2) is 6.54 Å². The molecule has 2 saturated carbocycles. The Morgan fingerprint density at radius 3 is 2.62 bits per heavy atom. The Kier molecular flexibility index (Phi) is 3.30. The Morgan fingerprint density at radius 1 is 1.14 bits per heavy atom. The Morgan fingerprint density at radius 2 is 1.90 bits per heavy atom. The van der Waals surface area contributed by atoms with Crippen molar-refractivity contribution in [1.29, 1.82) is 0 Å². The van der Waals surface area contributed by atoms with Crippen LogP contribution in [0.15, 0.2) is 28.7 Å². The molecule has 0 aliphatic heterocycles. The monoisotopic (exact) mass is 283 g/mol. The second-order valence-corrected chi connectivity index (χ2v) is 6.81. The molecule has 0 saturated heterocycles. The van der Waals surface area contributed by atoms with E-state index in [4.69, 9.17) is 4.42 Å². The molecule has 21 heavy (non-hydrogen) atoms. The van der Waals surface area contributed by atoms with Crippen molar-refractivity contribution < 1.29 is 4.42 Å². The first-order valence-corrected chi connectivity index (χ1v) is 8.55. The lowest BCUT2D eigenvalue weighted by molar-refractivity contribution is 0.342. The number of para-hydroxylation sites is 1. The van der Waals surface area contributed by atoms with Crippen LogP contribution in [0.1, 0.15) is 50.5 Å². The first-order valence-electron chi connectivity index (χ1n) is 8.55. The number of hydrogen-bond acceptors (Lipinski definition) is 2. The number of furan rings is 1. The van der Waals surface area contributed by atoms with E-state index < -0.39 is 0 Å². The van der Waals surface area contributed by atoms with E-state index in [1.165, 1.54) is 36.0 Å². The number of rotatable bonds is 5. The third kappa shape index (κ3) is 2.20. The van der Waals surface area contributed by atoms with Crippen molar-refractivity contribution in [2.75, 3.05) is 6.54 Å². The third-order valence-corrected chi connectivity index (χ3v) is 5.52. The van der Waals surface area contributed by atoms with Gasteiger partial charge >= 0.3 is 0 Å². The molecule has 2 aliphatic carbocycles. The lowest BCUT2D eigenvalue weighted by Crippen LogP contribution is -2.28. The molecule has 2 heteroatoms. The summed E-state index contributed by atoms with van der Waals surface area (Å²) in [7, 11) is 0. The molecule has 1 aromatic carbocycles. The average Bonchev–Trinajstić information content (AvgIpc) is 2.97. The summed E-state index contributed by atoms with van der Waals surface area (Å²) >= 11 is 0. The highest BCUT2D eigenvalue weighted by Crippen LogP contribution is 2.57. The Balaban J connectivity index is 1.77. The van der Waals surface area contributed by atoms with Gasteiger partial charge in [-0.25, -0.2) is 0 Å². The zero-order valence-corrected chi connectivity index (χ0v) is 13.1. The van der Waals surface area contributed by atoms with Gasteiger partial charge < -0.3 is 9.73 Å². The van der Waals surface area contributed by atoms with Gasteiger partial charge in [-0.3, -0.25) is 0 Å². The predicted molar refractivity (Wildman–Crippen MR) is 86.3 cm³/mol. The molecule has 3 unspecified atom stereocenters. The van der Waals surface area contributed by atoms with Crippen LogP contribution in [-0.2, 0) is 6.42 Å². The molecule has 1 heterocycles. The maximum atomic E-state index is 6.13. The number of benzene rings is 1. The van der Waals surface area contributed by atoms with Crippen LogP contribution in [0.25, 0.3) is 11.0 Å². The van der Waals surface area contributed by atoms with E-state index in [2.05, 4.69) is 43.4 Å². The van der Waals surface area contributed by atoms with E-state index in [1.54, 1.807) is 0 Å². The molecule has 0 bridgehead atoms. The fourth-order valence-electron chi connectivity index (χ4n) is 4.48. The van der Waals surface area contributed by atoms with Gasteiger partial charge in [0.05, 0.1) is 0 Å². The van der Waals surface area contributed by atoms with E-state index in [-0.39, 0.29) is 0 Å². The van der Waals surface area contributed by atoms with Gasteiger partial charge in [0, 0.05) is 23.4 Å². The van der Waals surface area contributed by atoms with Gasteiger partial charge in [-0.05, 0) is 49.6 Å². The number of aryl methyl sites for hydroxylation is 1. The lowest BCUT2D eigenvalue weighted by atomic mass is 9.87. The predicted octanol–water partition coefficient (Wildman–Crippen LogP) is 4.69. The smallest absolute Gasteiger partial charge is 0.134 e. The summed E-state index contributed by atoms with van der Waals surface area (Å²) in [5.74, 6) is 4.03. The third-order valence-electron chi connectivity index (χ3n) is 5.52. The molecule has 2 aliphatic rings. The largest absolute Gasteiger partial charge is 0.461 e. The summed E-state index contributed by atoms with van der Waals surface area (Å²) in [6, 6.07) is 9.01. The van der Waals surface area contributed by atoms with E-state index in [0.29, 0.717) is 6.04 Å². The van der Waals surface area contributed by atoms with Crippen molar-refractivity contribution in [3.63, 3.8) is 0 Å². The van der Waals surface area contributed by atoms with Gasteiger partial charge in [-0.2, -0.15) is 0 Å². The second kappa shape index (κ2) is 5.17. The van der Waals surface area contributed by atoms with Crippen molar-refractivity contribution in [1.82, 2.24) is 5.32 Å². The zero-order valence-electron chi connectivity index (χ0n) is 13.1. The zero-order chi connectivity index (χ0) is 14.4. The van der Waals surface area contributed by atoms with Crippen molar-refractivity contribution in [2.45, 2.75) is 45.6 Å². The minimum atomic E-state index is 0.474. The molecule has 3 atom stereocenters. The SMILES string of the molecule is CCNC(c1c(CC)oc2ccccc12)C1CC2CC2C1. The van der Waals surface area contributed by atoms with E-state index in [1.807, 2.05) is 0 Å². The van der Waals surface area contributed by atoms with Crippen LogP contribution in [0.3, 0.4) is 0 Å². The number of nitrogens with one attached hydrogen (secondary N) is 1. The molecule has 2 fully saturated rings. The molecular weight excluding hydrogens is 258 g/mol. The standard InChI is InChI=1S/C19H25NO/c1-3-16-18(15-7-5-6-8-17(15)21-16)19(20-4-2)14-10-12-9-13(12)11-14/h5-8,12-14,19-20H,3-4,9-11H2,1-2H3. The fraction of sp³-hybridized carbons (Fsp3) is 0.579. The van der Waals surface area contributed by atoms with Crippen LogP contribution < -0.4 is 5.32 Å². The topological polar surface area (TPSA) is 25.2 Å². The molecule has 0 amide bonds. The van der Waals surface area contributed by atoms with Crippen LogP contribution >= 0.6 is 0 Å². The Hall–Kier alpha value is -1.28. The number of hydrogen-bond donors (Lipinski definition) is 1. The molecule has 1 N–H and O–H groups in total. The van der Waals surface area contributed by atoms with Gasteiger partial charge in [0.25, 0.3) is 0 Å². The van der Waals surface area contributed by atoms with Gasteiger partial charge in [0.2, 0.25) is 0 Å². The molecule has 0 radical (unpaired) electrons. The molecule has 2 nitrogen and oxygen atoms in total. The lowest BCUT2D eigenvalue weighted by Gasteiger charge is -2.26. The van der Waals surface area contributed by atoms with Gasteiger partial charge in [-0.1, -0.05) is 32.0 Å². The molecule has 1 aromatic heterocycles. The number of fused-ring (bicyclic) bond motifs is 2. The van der Waals surface area contributed by atoms with Crippen LogP contribution in [0.2, 0.25) is 0 Å². The minimum Gasteiger partial charge on any atom is -0.461 e. The maximum absolute atomic E-state index is 6.13. The first-order chi connectivity index (χ1) is 10.3. The van der Waals surface area contributed by atoms with Gasteiger partial charge in [0.1, 0.15) is 11.3 Å². The highest BCUT2D eigenvalue weighted by molar-refractivity contribution is 5.82. The summed E-state index contributed by atoms with van der Waals surface area (Å²) in [4.78, 5) is 0. The summed E-state index contributed by atoms with van der Waals surface area (Å²) in [6.07, 6.45) is 5.28. The van der Waals surface area contributed by atoms with Crippen LogP contribution in [0.5, 0.6) is 0 Å². The molecular formula is C19H25NO. The normalized spacial score (nSPS) is 28.8. The average molecular weight is 283 g/mol. The second-order valence-electron chi connectivity index (χ2n) is 6.81. The van der Waals surface area contributed by atoms with Crippen LogP contribution in [0.4, 0.5) is 0 Å². The van der Waals surface area contributed by atoms with E-state index in [9.17, 15) is 0 Å². The molecule has 4 rings (SSSR count). The van der Waals surface area contributed by atoms with Crippen molar-refractivity contribution in [3.8, 4) is 0 Å². The maximum Gasteiger partial charge on any atom is 0.134 e. The minimum absolute atomic E-state index is 0.474. The van der Waals surface area contributed by atoms with Crippen molar-refractivity contribution >= 4 is 11.0 Å². The first kappa shape index (κ1) is 13.4. The van der Waals surface area contributed by atoms with Gasteiger partial charge in [0.15, 0.2) is 0 Å². The summed E-state index contributed by atoms with van der Waals surface area (Å²) in [5.41, 5.74) is 2.50. The summed E-state index contributed by atoms with van der Waals surface area (Å²) in [6.45, 7) is 5.45. The summed E-state index contributed by atoms with van der Waals surface area (Å²) in [5, 5.41) is 5.10. The van der Waals surface area contributed by atoms with Gasteiger partial charge in [-0.15, -0.1) is 0 Å².